The molecular formula is C19H21N3OS. The number of hydrogen-bond donors (Lipinski definition) is 0. The van der Waals surface area contributed by atoms with E-state index in [9.17, 15) is 4.79 Å². The molecule has 0 saturated heterocycles. The van der Waals surface area contributed by atoms with Crippen molar-refractivity contribution in [1.29, 1.82) is 0 Å². The van der Waals surface area contributed by atoms with Crippen LogP contribution in [0, 0.1) is 6.92 Å². The number of fused-ring (bicyclic) bond motifs is 1. The number of thiazole rings is 1. The molecule has 0 aliphatic rings. The Labute approximate surface area is 146 Å². The van der Waals surface area contributed by atoms with Crippen molar-refractivity contribution in [2.45, 2.75) is 6.92 Å². The van der Waals surface area contributed by atoms with E-state index in [1.807, 2.05) is 50.5 Å². The molecule has 0 unspecified atom stereocenters. The molecule has 0 spiro atoms. The van der Waals surface area contributed by atoms with Crippen LogP contribution in [0.2, 0.25) is 0 Å². The third kappa shape index (κ3) is 3.47. The molecule has 0 atom stereocenters. The average Bonchev–Trinajstić information content (AvgIpc) is 3.01. The van der Waals surface area contributed by atoms with Crippen molar-refractivity contribution in [3.63, 3.8) is 0 Å². The summed E-state index contributed by atoms with van der Waals surface area (Å²) in [7, 11) is 4.02. The van der Waals surface area contributed by atoms with E-state index >= 15 is 0 Å². The molecular weight excluding hydrogens is 318 g/mol. The first kappa shape index (κ1) is 16.6. The van der Waals surface area contributed by atoms with Gasteiger partial charge in [0.15, 0.2) is 5.13 Å². The molecule has 0 N–H and O–H groups in total. The van der Waals surface area contributed by atoms with E-state index < -0.39 is 0 Å². The maximum atomic E-state index is 13.0. The highest BCUT2D eigenvalue weighted by Crippen LogP contribution is 2.31. The Kier molecular flexibility index (Phi) is 4.92. The zero-order chi connectivity index (χ0) is 17.1. The number of anilines is 1. The normalized spacial score (nSPS) is 11.2. The summed E-state index contributed by atoms with van der Waals surface area (Å²) < 4.78 is 1.11. The Bertz CT molecular complexity index is 842. The lowest BCUT2D eigenvalue weighted by atomic mass is 10.2. The Balaban J connectivity index is 1.99. The number of nitrogens with zero attached hydrogens (tertiary/aromatic N) is 3. The fraction of sp³-hybridized carbons (Fsp3) is 0.263. The molecule has 0 radical (unpaired) electrons. The van der Waals surface area contributed by atoms with Crippen molar-refractivity contribution in [1.82, 2.24) is 9.88 Å². The van der Waals surface area contributed by atoms with E-state index in [0.29, 0.717) is 12.1 Å². The van der Waals surface area contributed by atoms with Crippen LogP contribution in [0.3, 0.4) is 0 Å². The second-order valence-corrected chi connectivity index (χ2v) is 7.05. The number of carbonyl (C=O) groups excluding carboxylic acids is 1. The van der Waals surface area contributed by atoms with Gasteiger partial charge in [0.2, 0.25) is 0 Å². The lowest BCUT2D eigenvalue weighted by molar-refractivity contribution is 0.0985. The Morgan fingerprint density at radius 1 is 1.04 bits per heavy atom. The lowest BCUT2D eigenvalue weighted by Crippen LogP contribution is -2.36. The highest BCUT2D eigenvalue weighted by Gasteiger charge is 2.21. The van der Waals surface area contributed by atoms with Crippen LogP contribution in [0.5, 0.6) is 0 Å². The fourth-order valence-corrected chi connectivity index (χ4v) is 3.58. The van der Waals surface area contributed by atoms with Gasteiger partial charge in [-0.2, -0.15) is 0 Å². The van der Waals surface area contributed by atoms with Crippen LogP contribution in [-0.4, -0.2) is 43.0 Å². The van der Waals surface area contributed by atoms with E-state index in [1.165, 1.54) is 0 Å². The SMILES string of the molecule is Cc1cccc2sc(N(CCN(C)C)C(=O)c3ccccc3)nc12. The van der Waals surface area contributed by atoms with Gasteiger partial charge in [0, 0.05) is 18.7 Å². The van der Waals surface area contributed by atoms with Crippen molar-refractivity contribution in [2.24, 2.45) is 0 Å². The second kappa shape index (κ2) is 7.11. The predicted octanol–water partition coefficient (Wildman–Crippen LogP) is 3.81. The van der Waals surface area contributed by atoms with E-state index in [2.05, 4.69) is 24.0 Å². The van der Waals surface area contributed by atoms with Gasteiger partial charge in [0.1, 0.15) is 0 Å². The molecule has 0 saturated carbocycles. The quantitative estimate of drug-likeness (QED) is 0.709. The van der Waals surface area contributed by atoms with Crippen LogP contribution in [-0.2, 0) is 0 Å². The van der Waals surface area contributed by atoms with Crippen LogP contribution in [0.25, 0.3) is 10.2 Å². The monoisotopic (exact) mass is 339 g/mol. The molecule has 0 aliphatic carbocycles. The number of benzene rings is 2. The molecule has 0 fully saturated rings. The van der Waals surface area contributed by atoms with Gasteiger partial charge in [-0.15, -0.1) is 0 Å². The molecule has 4 nitrogen and oxygen atoms in total. The highest BCUT2D eigenvalue weighted by atomic mass is 32.1. The fourth-order valence-electron chi connectivity index (χ4n) is 2.51. The van der Waals surface area contributed by atoms with Crippen LogP contribution in [0.15, 0.2) is 48.5 Å². The zero-order valence-electron chi connectivity index (χ0n) is 14.2. The minimum Gasteiger partial charge on any atom is -0.308 e. The van der Waals surface area contributed by atoms with Gasteiger partial charge in [-0.3, -0.25) is 9.69 Å². The van der Waals surface area contributed by atoms with E-state index in [-0.39, 0.29) is 5.91 Å². The molecule has 2 aromatic carbocycles. The number of carbonyl (C=O) groups is 1. The van der Waals surface area contributed by atoms with Gasteiger partial charge in [-0.05, 0) is 44.8 Å². The van der Waals surface area contributed by atoms with Gasteiger partial charge < -0.3 is 4.90 Å². The van der Waals surface area contributed by atoms with Crippen molar-refractivity contribution < 1.29 is 4.79 Å². The van der Waals surface area contributed by atoms with Crippen molar-refractivity contribution in [2.75, 3.05) is 32.1 Å². The third-order valence-corrected chi connectivity index (χ3v) is 4.92. The van der Waals surface area contributed by atoms with Gasteiger partial charge in [0.25, 0.3) is 5.91 Å². The minimum atomic E-state index is -0.00541. The standard InChI is InChI=1S/C19H21N3OS/c1-14-8-7-11-16-17(14)20-19(24-16)22(13-12-21(2)3)18(23)15-9-5-4-6-10-15/h4-11H,12-13H2,1-3H3. The molecule has 1 heterocycles. The number of amides is 1. The van der Waals surface area contributed by atoms with Crippen LogP contribution in [0.4, 0.5) is 5.13 Å². The molecule has 0 bridgehead atoms. The van der Waals surface area contributed by atoms with Gasteiger partial charge in [-0.1, -0.05) is 41.7 Å². The summed E-state index contributed by atoms with van der Waals surface area (Å²) in [5.41, 5.74) is 2.80. The summed E-state index contributed by atoms with van der Waals surface area (Å²) in [5, 5.41) is 0.759. The second-order valence-electron chi connectivity index (χ2n) is 6.04. The van der Waals surface area contributed by atoms with Gasteiger partial charge >= 0.3 is 0 Å². The molecule has 3 aromatic rings. The van der Waals surface area contributed by atoms with E-state index in [0.717, 1.165) is 27.5 Å². The topological polar surface area (TPSA) is 36.4 Å². The summed E-state index contributed by atoms with van der Waals surface area (Å²) in [5.74, 6) is -0.00541. The number of hydrogen-bond acceptors (Lipinski definition) is 4. The Hall–Kier alpha value is -2.24. The highest BCUT2D eigenvalue weighted by molar-refractivity contribution is 7.22. The number of aryl methyl sites for hydroxylation is 1. The summed E-state index contributed by atoms with van der Waals surface area (Å²) in [6.07, 6.45) is 0. The Morgan fingerprint density at radius 3 is 2.46 bits per heavy atom. The number of likely N-dealkylation sites (N-methyl/N-ethyl adjacent to an activating group) is 1. The largest absolute Gasteiger partial charge is 0.308 e. The smallest absolute Gasteiger partial charge is 0.260 e. The van der Waals surface area contributed by atoms with E-state index in [4.69, 9.17) is 4.98 Å². The number of para-hydroxylation sites is 1. The van der Waals surface area contributed by atoms with Crippen LogP contribution >= 0.6 is 11.3 Å². The lowest BCUT2D eigenvalue weighted by Gasteiger charge is -2.22. The number of aromatic nitrogens is 1. The summed E-state index contributed by atoms with van der Waals surface area (Å²) in [6.45, 7) is 3.45. The first-order chi connectivity index (χ1) is 11.6. The first-order valence-corrected chi connectivity index (χ1v) is 8.75. The number of rotatable bonds is 5. The Morgan fingerprint density at radius 2 is 1.79 bits per heavy atom. The van der Waals surface area contributed by atoms with Crippen LogP contribution < -0.4 is 4.90 Å². The predicted molar refractivity (Wildman–Crippen MR) is 101 cm³/mol. The maximum absolute atomic E-state index is 13.0. The van der Waals surface area contributed by atoms with Gasteiger partial charge in [-0.25, -0.2) is 4.98 Å². The summed E-state index contributed by atoms with van der Waals surface area (Å²) in [4.78, 5) is 21.6. The van der Waals surface area contributed by atoms with Crippen molar-refractivity contribution >= 4 is 32.6 Å². The van der Waals surface area contributed by atoms with Gasteiger partial charge in [0.05, 0.1) is 10.2 Å². The maximum Gasteiger partial charge on any atom is 0.260 e. The molecule has 0 aliphatic heterocycles. The van der Waals surface area contributed by atoms with Crippen molar-refractivity contribution in [3.05, 3.63) is 59.7 Å². The van der Waals surface area contributed by atoms with Crippen molar-refractivity contribution in [3.8, 4) is 0 Å². The van der Waals surface area contributed by atoms with E-state index in [1.54, 1.807) is 16.2 Å². The summed E-state index contributed by atoms with van der Waals surface area (Å²) in [6, 6.07) is 15.5. The minimum absolute atomic E-state index is 0.00541. The first-order valence-electron chi connectivity index (χ1n) is 7.94. The average molecular weight is 339 g/mol. The molecule has 124 valence electrons. The molecule has 3 rings (SSSR count). The summed E-state index contributed by atoms with van der Waals surface area (Å²) >= 11 is 1.57. The molecule has 5 heteroatoms. The molecule has 24 heavy (non-hydrogen) atoms. The molecule has 1 amide bonds. The zero-order valence-corrected chi connectivity index (χ0v) is 15.0. The molecule has 1 aromatic heterocycles. The van der Waals surface area contributed by atoms with Crippen LogP contribution in [0.1, 0.15) is 15.9 Å². The third-order valence-electron chi connectivity index (χ3n) is 3.88.